The molecule has 0 bridgehead atoms. The molecule has 6 aromatic rings. The molecule has 0 aliphatic heterocycles. The minimum atomic E-state index is -1.36. The topological polar surface area (TPSA) is 127 Å². The molecule has 0 aromatic heterocycles. The van der Waals surface area contributed by atoms with Gasteiger partial charge in [-0.05, 0) is 105 Å². The third kappa shape index (κ3) is 9.47. The van der Waals surface area contributed by atoms with Crippen molar-refractivity contribution in [3.05, 3.63) is 132 Å². The Bertz CT molecular complexity index is 1950. The first-order valence-corrected chi connectivity index (χ1v) is 15.2. The van der Waals surface area contributed by atoms with Crippen molar-refractivity contribution >= 4 is 89.3 Å². The first-order valence-electron chi connectivity index (χ1n) is 13.7. The maximum atomic E-state index is 11.6. The molecular formula is C36H22Cl4O8. The van der Waals surface area contributed by atoms with Crippen molar-refractivity contribution in [2.45, 2.75) is 0 Å². The van der Waals surface area contributed by atoms with Crippen molar-refractivity contribution in [3.63, 3.8) is 0 Å². The van der Waals surface area contributed by atoms with E-state index < -0.39 is 21.3 Å². The van der Waals surface area contributed by atoms with Crippen LogP contribution in [0.25, 0.3) is 32.7 Å². The highest BCUT2D eigenvalue weighted by molar-refractivity contribution is 6.68. The fraction of sp³-hybridized carbons (Fsp3) is 0. The first kappa shape index (κ1) is 35.7. The van der Waals surface area contributed by atoms with Crippen LogP contribution in [-0.2, 0) is 0 Å². The number of carboxylic acid groups (broad SMARTS) is 2. The molecule has 12 heteroatoms. The lowest BCUT2D eigenvalue weighted by atomic mass is 9.92. The molecule has 0 radical (unpaired) electrons. The van der Waals surface area contributed by atoms with E-state index in [-0.39, 0.29) is 0 Å². The van der Waals surface area contributed by atoms with Crippen LogP contribution in [-0.4, -0.2) is 31.6 Å². The molecule has 0 heterocycles. The summed E-state index contributed by atoms with van der Waals surface area (Å²) in [6, 6.07) is 37.5. The van der Waals surface area contributed by atoms with Crippen LogP contribution in [0.3, 0.4) is 0 Å². The molecule has 6 rings (SSSR count). The predicted molar refractivity (Wildman–Crippen MR) is 188 cm³/mol. The van der Waals surface area contributed by atoms with Crippen LogP contribution in [0.4, 0.5) is 9.59 Å². The van der Waals surface area contributed by atoms with E-state index in [2.05, 4.69) is 47.5 Å². The highest BCUT2D eigenvalue weighted by Gasteiger charge is 2.20. The standard InChI is InChI=1S/C34H20Cl2O4.2CHClO2/c35-33(37)23-9-15-25(16-10-23)39-29-19-13-21-5-1-3-7-27(21)31(29)32-28-8-4-2-6-22(28)14-20-30(32)40-26-17-11-24(12-18-26)34(36)38;2*2-1(3)4/h1-20H;2*(H,3,4). The van der Waals surface area contributed by atoms with E-state index in [0.29, 0.717) is 34.1 Å². The number of benzene rings is 6. The Morgan fingerprint density at radius 2 is 0.750 bits per heavy atom. The van der Waals surface area contributed by atoms with Crippen LogP contribution in [0.15, 0.2) is 121 Å². The van der Waals surface area contributed by atoms with Crippen molar-refractivity contribution in [1.82, 2.24) is 0 Å². The summed E-state index contributed by atoms with van der Waals surface area (Å²) in [5.74, 6) is 2.35. The lowest BCUT2D eigenvalue weighted by molar-refractivity contribution is 0.107. The fourth-order valence-corrected chi connectivity index (χ4v) is 5.00. The van der Waals surface area contributed by atoms with Crippen molar-refractivity contribution in [1.29, 1.82) is 0 Å². The zero-order chi connectivity index (χ0) is 34.8. The van der Waals surface area contributed by atoms with Crippen LogP contribution in [0, 0.1) is 0 Å². The molecular weight excluding hydrogens is 702 g/mol. The molecule has 0 atom stereocenters. The summed E-state index contributed by atoms with van der Waals surface area (Å²) in [5, 5.41) is 17.4. The van der Waals surface area contributed by atoms with Gasteiger partial charge in [-0.25, -0.2) is 9.59 Å². The maximum absolute atomic E-state index is 11.6. The Hall–Kier alpha value is -5.12. The summed E-state index contributed by atoms with van der Waals surface area (Å²) in [4.78, 5) is 40.6. The molecule has 0 aliphatic carbocycles. The number of carbonyl (C=O) groups is 4. The third-order valence-corrected chi connectivity index (χ3v) is 7.09. The van der Waals surface area contributed by atoms with Crippen LogP contribution in [0.1, 0.15) is 20.7 Å². The Balaban J connectivity index is 0.000000588. The van der Waals surface area contributed by atoms with Gasteiger partial charge in [-0.2, -0.15) is 0 Å². The van der Waals surface area contributed by atoms with Crippen LogP contribution >= 0.6 is 46.4 Å². The number of ether oxygens (including phenoxy) is 2. The minimum absolute atomic E-state index is 0.388. The largest absolute Gasteiger partial charge is 0.469 e. The average molecular weight is 724 g/mol. The molecule has 0 unspecified atom stereocenters. The number of rotatable bonds is 7. The number of fused-ring (bicyclic) bond motifs is 2. The van der Waals surface area contributed by atoms with Gasteiger partial charge in [0, 0.05) is 45.5 Å². The Labute approximate surface area is 293 Å². The van der Waals surface area contributed by atoms with Crippen molar-refractivity contribution in [2.24, 2.45) is 0 Å². The van der Waals surface area contributed by atoms with Gasteiger partial charge in [-0.1, -0.05) is 60.7 Å². The summed E-state index contributed by atoms with van der Waals surface area (Å²) >= 11 is 19.6. The number of hydrogen-bond donors (Lipinski definition) is 2. The molecule has 242 valence electrons. The summed E-state index contributed by atoms with van der Waals surface area (Å²) < 4.78 is 12.9. The second kappa shape index (κ2) is 16.6. The molecule has 0 fully saturated rings. The van der Waals surface area contributed by atoms with Gasteiger partial charge in [-0.3, -0.25) is 9.59 Å². The highest BCUT2D eigenvalue weighted by Crippen LogP contribution is 2.47. The van der Waals surface area contributed by atoms with E-state index >= 15 is 0 Å². The Morgan fingerprint density at radius 3 is 1.06 bits per heavy atom. The van der Waals surface area contributed by atoms with Crippen LogP contribution < -0.4 is 9.47 Å². The second-order valence-electron chi connectivity index (χ2n) is 9.63. The fourth-order valence-electron chi connectivity index (χ4n) is 4.75. The number of hydrogen-bond acceptors (Lipinski definition) is 6. The van der Waals surface area contributed by atoms with Crippen molar-refractivity contribution in [3.8, 4) is 34.1 Å². The Morgan fingerprint density at radius 1 is 0.438 bits per heavy atom. The zero-order valence-corrected chi connectivity index (χ0v) is 27.4. The molecule has 48 heavy (non-hydrogen) atoms. The average Bonchev–Trinajstić information content (AvgIpc) is 3.05. The smallest absolute Gasteiger partial charge is 0.401 e. The maximum Gasteiger partial charge on any atom is 0.401 e. The normalized spacial score (nSPS) is 10.2. The number of carbonyl (C=O) groups excluding carboxylic acids is 2. The van der Waals surface area contributed by atoms with Crippen molar-refractivity contribution < 1.29 is 38.9 Å². The monoisotopic (exact) mass is 722 g/mol. The SMILES string of the molecule is O=C(Cl)c1ccc(Oc2ccc3ccccc3c2-c2c(Oc3ccc(C(=O)Cl)cc3)ccc3ccccc23)cc1.O=C(O)Cl.O=C(O)Cl. The molecule has 6 aromatic carbocycles. The molecule has 0 aliphatic rings. The van der Waals surface area contributed by atoms with Gasteiger partial charge in [0.25, 0.3) is 10.5 Å². The van der Waals surface area contributed by atoms with Gasteiger partial charge < -0.3 is 19.7 Å². The summed E-state index contributed by atoms with van der Waals surface area (Å²) in [6.45, 7) is 0. The van der Waals surface area contributed by atoms with Gasteiger partial charge in [0.05, 0.1) is 0 Å². The van der Waals surface area contributed by atoms with Gasteiger partial charge in [0.1, 0.15) is 23.0 Å². The predicted octanol–water partition coefficient (Wildman–Crippen LogP) is 11.8. The number of halogens is 4. The molecule has 0 spiro atoms. The summed E-state index contributed by atoms with van der Waals surface area (Å²) in [6.07, 6.45) is 0. The van der Waals surface area contributed by atoms with E-state index in [1.807, 2.05) is 48.5 Å². The summed E-state index contributed by atoms with van der Waals surface area (Å²) in [5.41, 5.74) is -0.233. The highest BCUT2D eigenvalue weighted by atomic mass is 35.5. The van der Waals surface area contributed by atoms with E-state index in [1.165, 1.54) is 0 Å². The lowest BCUT2D eigenvalue weighted by Crippen LogP contribution is -1.96. The molecule has 0 saturated heterocycles. The minimum Gasteiger partial charge on any atom is -0.469 e. The lowest BCUT2D eigenvalue weighted by Gasteiger charge is -2.19. The summed E-state index contributed by atoms with van der Waals surface area (Å²) in [7, 11) is 0. The molecule has 0 saturated carbocycles. The van der Waals surface area contributed by atoms with Gasteiger partial charge in [0.2, 0.25) is 0 Å². The third-order valence-electron chi connectivity index (χ3n) is 6.65. The van der Waals surface area contributed by atoms with E-state index in [0.717, 1.165) is 32.7 Å². The second-order valence-corrected chi connectivity index (χ2v) is 11.0. The van der Waals surface area contributed by atoms with E-state index in [1.54, 1.807) is 48.5 Å². The van der Waals surface area contributed by atoms with Crippen molar-refractivity contribution in [2.75, 3.05) is 0 Å². The quantitative estimate of drug-likeness (QED) is 0.156. The van der Waals surface area contributed by atoms with Gasteiger partial charge in [-0.15, -0.1) is 0 Å². The Kier molecular flexibility index (Phi) is 12.4. The molecule has 0 amide bonds. The zero-order valence-electron chi connectivity index (χ0n) is 24.4. The van der Waals surface area contributed by atoms with E-state index in [9.17, 15) is 9.59 Å². The molecule has 8 nitrogen and oxygen atoms in total. The van der Waals surface area contributed by atoms with Crippen LogP contribution in [0.5, 0.6) is 23.0 Å². The molecule has 2 N–H and O–H groups in total. The van der Waals surface area contributed by atoms with Gasteiger partial charge >= 0.3 is 10.9 Å². The first-order chi connectivity index (χ1) is 22.9. The van der Waals surface area contributed by atoms with Crippen LogP contribution in [0.2, 0.25) is 0 Å². The van der Waals surface area contributed by atoms with Gasteiger partial charge in [0.15, 0.2) is 0 Å². The van der Waals surface area contributed by atoms with E-state index in [4.69, 9.17) is 52.5 Å².